The van der Waals surface area contributed by atoms with Gasteiger partial charge in [0.2, 0.25) is 0 Å². The number of halogens is 7. The van der Waals surface area contributed by atoms with E-state index >= 15 is 0 Å². The lowest BCUT2D eigenvalue weighted by Gasteiger charge is -2.32. The average molecular weight is 488 g/mol. The molecule has 1 heterocycles. The first-order valence-corrected chi connectivity index (χ1v) is 10.3. The van der Waals surface area contributed by atoms with Crippen LogP contribution in [-0.4, -0.2) is 54.7 Å². The van der Waals surface area contributed by atoms with Gasteiger partial charge in [0.05, 0.1) is 17.8 Å². The fraction of sp³-hybridized carbons (Fsp3) is 0.750. The van der Waals surface area contributed by atoms with Crippen LogP contribution in [-0.2, 0) is 28.6 Å². The molecule has 3 aliphatic carbocycles. The number of rotatable bonds is 6. The molecule has 0 radical (unpaired) electrons. The first kappa shape index (κ1) is 23.8. The van der Waals surface area contributed by atoms with Crippen LogP contribution >= 0.6 is 0 Å². The molecular formula is C20H19F7O6. The lowest BCUT2D eigenvalue weighted by atomic mass is 9.78. The maximum Gasteiger partial charge on any atom is 0.460 e. The number of carbonyl (C=O) groups excluding carboxylic acids is 3. The maximum atomic E-state index is 13.5. The number of hydrogen-bond donors (Lipinski definition) is 0. The normalized spacial score (nSPS) is 35.5. The molecule has 1 saturated heterocycles. The molecule has 6 nitrogen and oxygen atoms in total. The van der Waals surface area contributed by atoms with Gasteiger partial charge >= 0.3 is 35.9 Å². The molecule has 0 amide bonds. The SMILES string of the molecule is O=C(OC1C2CC3C1OC(=O)C3C2C(=O)OCC(F)(F)C(F)(F)C(F)(F)F)C1CC=CCC1. The van der Waals surface area contributed by atoms with Crippen LogP contribution in [0.25, 0.3) is 0 Å². The van der Waals surface area contributed by atoms with Crippen molar-refractivity contribution in [1.29, 1.82) is 0 Å². The van der Waals surface area contributed by atoms with E-state index in [0.717, 1.165) is 0 Å². The molecule has 3 fully saturated rings. The Labute approximate surface area is 182 Å². The molecule has 0 aromatic rings. The summed E-state index contributed by atoms with van der Waals surface area (Å²) >= 11 is 0. The molecule has 4 rings (SSSR count). The summed E-state index contributed by atoms with van der Waals surface area (Å²) in [5.74, 6) is -19.6. The molecule has 0 aromatic heterocycles. The quantitative estimate of drug-likeness (QED) is 0.247. The third-order valence-corrected chi connectivity index (χ3v) is 6.88. The highest BCUT2D eigenvalue weighted by atomic mass is 19.4. The zero-order chi connectivity index (χ0) is 24.3. The summed E-state index contributed by atoms with van der Waals surface area (Å²) in [6.07, 6.45) is -3.00. The maximum absolute atomic E-state index is 13.5. The highest BCUT2D eigenvalue weighted by molar-refractivity contribution is 5.86. The smallest absolute Gasteiger partial charge is 0.459 e. The van der Waals surface area contributed by atoms with Gasteiger partial charge in [-0.3, -0.25) is 14.4 Å². The van der Waals surface area contributed by atoms with Crippen molar-refractivity contribution in [3.05, 3.63) is 12.2 Å². The molecule has 7 unspecified atom stereocenters. The minimum Gasteiger partial charge on any atom is -0.459 e. The van der Waals surface area contributed by atoms with Gasteiger partial charge in [0.25, 0.3) is 0 Å². The van der Waals surface area contributed by atoms with E-state index in [1.54, 1.807) is 6.08 Å². The number of alkyl halides is 7. The zero-order valence-electron chi connectivity index (χ0n) is 16.8. The van der Waals surface area contributed by atoms with Crippen molar-refractivity contribution in [2.75, 3.05) is 6.61 Å². The summed E-state index contributed by atoms with van der Waals surface area (Å²) in [5, 5.41) is 0. The van der Waals surface area contributed by atoms with Crippen LogP contribution in [0.5, 0.6) is 0 Å². The Hall–Kier alpha value is -2.34. The van der Waals surface area contributed by atoms with Crippen molar-refractivity contribution in [1.82, 2.24) is 0 Å². The third-order valence-electron chi connectivity index (χ3n) is 6.88. The van der Waals surface area contributed by atoms with E-state index < -0.39 is 84.3 Å². The van der Waals surface area contributed by atoms with E-state index in [1.807, 2.05) is 6.08 Å². The predicted octanol–water partition coefficient (Wildman–Crippen LogP) is 3.44. The van der Waals surface area contributed by atoms with Crippen molar-refractivity contribution < 1.29 is 59.3 Å². The molecule has 2 saturated carbocycles. The molecule has 184 valence electrons. The highest BCUT2D eigenvalue weighted by Gasteiger charge is 2.74. The molecule has 2 bridgehead atoms. The molecule has 0 aromatic carbocycles. The molecule has 33 heavy (non-hydrogen) atoms. The fourth-order valence-corrected chi connectivity index (χ4v) is 5.26. The van der Waals surface area contributed by atoms with Crippen LogP contribution in [0.2, 0.25) is 0 Å². The molecule has 7 atom stereocenters. The van der Waals surface area contributed by atoms with Crippen LogP contribution in [0.4, 0.5) is 30.7 Å². The van der Waals surface area contributed by atoms with Crippen LogP contribution < -0.4 is 0 Å². The predicted molar refractivity (Wildman–Crippen MR) is 91.7 cm³/mol. The largest absolute Gasteiger partial charge is 0.460 e. The van der Waals surface area contributed by atoms with Gasteiger partial charge in [-0.15, -0.1) is 0 Å². The Kier molecular flexibility index (Phi) is 5.67. The summed E-state index contributed by atoms with van der Waals surface area (Å²) in [4.78, 5) is 37.2. The lowest BCUT2D eigenvalue weighted by Crippen LogP contribution is -2.55. The van der Waals surface area contributed by atoms with Gasteiger partial charge < -0.3 is 14.2 Å². The summed E-state index contributed by atoms with van der Waals surface area (Å²) < 4.78 is 105. The van der Waals surface area contributed by atoms with Crippen LogP contribution in [0.1, 0.15) is 25.7 Å². The second kappa shape index (κ2) is 7.86. The van der Waals surface area contributed by atoms with Crippen molar-refractivity contribution in [2.45, 2.75) is 55.9 Å². The van der Waals surface area contributed by atoms with Gasteiger partial charge in [-0.2, -0.15) is 30.7 Å². The number of hydrogen-bond acceptors (Lipinski definition) is 6. The average Bonchev–Trinajstić information content (AvgIpc) is 3.35. The molecule has 0 spiro atoms. The Morgan fingerprint density at radius 2 is 1.73 bits per heavy atom. The second-order valence-electron chi connectivity index (χ2n) is 8.78. The van der Waals surface area contributed by atoms with E-state index in [1.165, 1.54) is 0 Å². The summed E-state index contributed by atoms with van der Waals surface area (Å²) in [5.41, 5.74) is 0. The van der Waals surface area contributed by atoms with E-state index in [-0.39, 0.29) is 6.42 Å². The van der Waals surface area contributed by atoms with Crippen molar-refractivity contribution in [2.24, 2.45) is 29.6 Å². The Balaban J connectivity index is 1.46. The van der Waals surface area contributed by atoms with Crippen molar-refractivity contribution in [3.8, 4) is 0 Å². The summed E-state index contributed by atoms with van der Waals surface area (Å²) in [6, 6.07) is 0. The van der Waals surface area contributed by atoms with Gasteiger partial charge in [-0.25, -0.2) is 0 Å². The van der Waals surface area contributed by atoms with Crippen molar-refractivity contribution in [3.63, 3.8) is 0 Å². The molecule has 0 N–H and O–H groups in total. The number of esters is 3. The standard InChI is InChI=1S/C20H19F7O6/c21-18(22,19(23,24)20(25,26)27)7-31-16(29)11-9-6-10-12(11)17(30)33-14(10)13(9)32-15(28)8-4-2-1-3-5-8/h1-2,8-14H,3-7H2. The van der Waals surface area contributed by atoms with E-state index in [9.17, 15) is 45.1 Å². The molecular weight excluding hydrogens is 469 g/mol. The van der Waals surface area contributed by atoms with Gasteiger partial charge in [0, 0.05) is 11.8 Å². The second-order valence-corrected chi connectivity index (χ2v) is 8.78. The first-order chi connectivity index (χ1) is 15.3. The molecule has 4 aliphatic rings. The van der Waals surface area contributed by atoms with Crippen LogP contribution in [0, 0.1) is 29.6 Å². The zero-order valence-corrected chi connectivity index (χ0v) is 16.8. The lowest BCUT2D eigenvalue weighted by molar-refractivity contribution is -0.360. The Bertz CT molecular complexity index is 869. The number of fused-ring (bicyclic) bond motifs is 1. The van der Waals surface area contributed by atoms with E-state index in [2.05, 4.69) is 4.74 Å². The number of carbonyl (C=O) groups is 3. The van der Waals surface area contributed by atoms with Gasteiger partial charge in [0.15, 0.2) is 6.61 Å². The topological polar surface area (TPSA) is 78.9 Å². The molecule has 1 aliphatic heterocycles. The fourth-order valence-electron chi connectivity index (χ4n) is 5.26. The minimum absolute atomic E-state index is 0.151. The van der Waals surface area contributed by atoms with Crippen molar-refractivity contribution >= 4 is 17.9 Å². The highest BCUT2D eigenvalue weighted by Crippen LogP contribution is 2.59. The van der Waals surface area contributed by atoms with Gasteiger partial charge in [-0.1, -0.05) is 12.2 Å². The Morgan fingerprint density at radius 1 is 1.03 bits per heavy atom. The van der Waals surface area contributed by atoms with Gasteiger partial charge in [-0.05, 0) is 25.7 Å². The van der Waals surface area contributed by atoms with E-state index in [4.69, 9.17) is 9.47 Å². The summed E-state index contributed by atoms with van der Waals surface area (Å²) in [6.45, 7) is -2.53. The summed E-state index contributed by atoms with van der Waals surface area (Å²) in [7, 11) is 0. The Morgan fingerprint density at radius 3 is 2.33 bits per heavy atom. The van der Waals surface area contributed by atoms with Crippen LogP contribution in [0.15, 0.2) is 12.2 Å². The van der Waals surface area contributed by atoms with Gasteiger partial charge in [0.1, 0.15) is 12.2 Å². The third kappa shape index (κ3) is 3.76. The van der Waals surface area contributed by atoms with E-state index in [0.29, 0.717) is 19.3 Å². The first-order valence-electron chi connectivity index (χ1n) is 10.3. The molecule has 13 heteroatoms. The van der Waals surface area contributed by atoms with Crippen LogP contribution in [0.3, 0.4) is 0 Å². The number of allylic oxidation sites excluding steroid dienone is 2. The number of ether oxygens (including phenoxy) is 3. The monoisotopic (exact) mass is 488 g/mol. The minimum atomic E-state index is -6.56.